The van der Waals surface area contributed by atoms with Crippen molar-refractivity contribution in [3.8, 4) is 5.75 Å². The molecule has 1 aromatic rings. The molecule has 0 radical (unpaired) electrons. The summed E-state index contributed by atoms with van der Waals surface area (Å²) in [7, 11) is 0. The average molecular weight is 282 g/mol. The average Bonchev–Trinajstić information content (AvgIpc) is 2.21. The summed E-state index contributed by atoms with van der Waals surface area (Å²) in [5, 5.41) is 18.8. The molecule has 0 amide bonds. The zero-order chi connectivity index (χ0) is 13.9. The molecule has 0 spiro atoms. The van der Waals surface area contributed by atoms with Crippen LogP contribution in [0.15, 0.2) is 12.1 Å². The first kappa shape index (κ1) is 14.1. The number of rotatable bonds is 5. The van der Waals surface area contributed by atoms with Crippen LogP contribution in [0.4, 0.5) is 14.5 Å². The minimum atomic E-state index is -3.24. The van der Waals surface area contributed by atoms with E-state index >= 15 is 0 Å². The highest BCUT2D eigenvalue weighted by Crippen LogP contribution is 2.33. The smallest absolute Gasteiger partial charge is 0.387 e. The number of aliphatic carboxylic acids is 1. The Kier molecular flexibility index (Phi) is 4.38. The minimum Gasteiger partial charge on any atom is -0.481 e. The molecule has 0 heterocycles. The van der Waals surface area contributed by atoms with Crippen molar-refractivity contribution >= 4 is 23.3 Å². The molecule has 6 nitrogen and oxygen atoms in total. The number of benzene rings is 1. The lowest BCUT2D eigenvalue weighted by atomic mass is 10.1. The van der Waals surface area contributed by atoms with Crippen LogP contribution in [-0.2, 0) is 11.2 Å². The Morgan fingerprint density at radius 2 is 2.17 bits per heavy atom. The molecule has 98 valence electrons. The lowest BCUT2D eigenvalue weighted by Gasteiger charge is -2.10. The summed E-state index contributed by atoms with van der Waals surface area (Å²) in [6.45, 7) is -3.24. The second-order valence-corrected chi connectivity index (χ2v) is 3.52. The van der Waals surface area contributed by atoms with Gasteiger partial charge < -0.3 is 9.84 Å². The molecular formula is C9H6ClF2NO5. The van der Waals surface area contributed by atoms with Gasteiger partial charge in [0, 0.05) is 11.6 Å². The molecule has 0 atom stereocenters. The molecule has 0 aliphatic carbocycles. The van der Waals surface area contributed by atoms with Crippen LogP contribution in [0.3, 0.4) is 0 Å². The highest BCUT2D eigenvalue weighted by molar-refractivity contribution is 6.32. The second-order valence-electron chi connectivity index (χ2n) is 3.11. The number of non-ortho nitro benzene ring substituents is 1. The summed E-state index contributed by atoms with van der Waals surface area (Å²) >= 11 is 5.61. The normalized spacial score (nSPS) is 10.4. The fraction of sp³-hybridized carbons (Fsp3) is 0.222. The van der Waals surface area contributed by atoms with E-state index in [0.717, 1.165) is 6.07 Å². The first-order chi connectivity index (χ1) is 8.31. The van der Waals surface area contributed by atoms with Gasteiger partial charge >= 0.3 is 12.6 Å². The first-order valence-electron chi connectivity index (χ1n) is 4.44. The van der Waals surface area contributed by atoms with Crippen LogP contribution < -0.4 is 4.74 Å². The summed E-state index contributed by atoms with van der Waals surface area (Å²) in [5.74, 6) is -1.95. The van der Waals surface area contributed by atoms with Crippen molar-refractivity contribution in [1.82, 2.24) is 0 Å². The van der Waals surface area contributed by atoms with Crippen LogP contribution in [-0.4, -0.2) is 22.6 Å². The third-order valence-electron chi connectivity index (χ3n) is 1.89. The lowest BCUT2D eigenvalue weighted by Crippen LogP contribution is -2.09. The third-order valence-corrected chi connectivity index (χ3v) is 2.23. The molecule has 9 heteroatoms. The van der Waals surface area contributed by atoms with Gasteiger partial charge in [-0.1, -0.05) is 11.6 Å². The lowest BCUT2D eigenvalue weighted by molar-refractivity contribution is -0.385. The van der Waals surface area contributed by atoms with Crippen LogP contribution in [0, 0.1) is 10.1 Å². The number of nitrogens with zero attached hydrogens (tertiary/aromatic N) is 1. The molecule has 0 saturated heterocycles. The summed E-state index contributed by atoms with van der Waals surface area (Å²) < 4.78 is 28.3. The quantitative estimate of drug-likeness (QED) is 0.661. The highest BCUT2D eigenvalue weighted by Gasteiger charge is 2.20. The summed E-state index contributed by atoms with van der Waals surface area (Å²) in [4.78, 5) is 20.2. The van der Waals surface area contributed by atoms with Crippen molar-refractivity contribution in [2.24, 2.45) is 0 Å². The van der Waals surface area contributed by atoms with E-state index in [2.05, 4.69) is 4.74 Å². The maximum absolute atomic E-state index is 12.1. The van der Waals surface area contributed by atoms with E-state index in [4.69, 9.17) is 16.7 Å². The number of alkyl halides is 2. The number of ether oxygens (including phenoxy) is 1. The van der Waals surface area contributed by atoms with Crippen molar-refractivity contribution in [1.29, 1.82) is 0 Å². The Balaban J connectivity index is 3.29. The predicted molar refractivity (Wildman–Crippen MR) is 56.1 cm³/mol. The van der Waals surface area contributed by atoms with Crippen LogP contribution in [0.25, 0.3) is 0 Å². The van der Waals surface area contributed by atoms with Crippen LogP contribution >= 0.6 is 11.6 Å². The number of hydrogen-bond acceptors (Lipinski definition) is 4. The van der Waals surface area contributed by atoms with E-state index in [1.165, 1.54) is 0 Å². The Morgan fingerprint density at radius 1 is 1.56 bits per heavy atom. The number of carbonyl (C=O) groups is 1. The summed E-state index contributed by atoms with van der Waals surface area (Å²) in [5.41, 5.74) is -0.806. The molecule has 0 aliphatic heterocycles. The molecule has 0 unspecified atom stereocenters. The van der Waals surface area contributed by atoms with E-state index in [1.807, 2.05) is 0 Å². The Hall–Kier alpha value is -1.96. The van der Waals surface area contributed by atoms with Gasteiger partial charge in [-0.2, -0.15) is 8.78 Å². The molecule has 0 saturated carbocycles. The van der Waals surface area contributed by atoms with Gasteiger partial charge in [0.05, 0.1) is 22.4 Å². The molecule has 18 heavy (non-hydrogen) atoms. The van der Waals surface area contributed by atoms with Crippen LogP contribution in [0.2, 0.25) is 5.02 Å². The molecule has 0 aromatic heterocycles. The number of hydrogen-bond donors (Lipinski definition) is 1. The number of carboxylic acids is 1. The molecule has 1 rings (SSSR count). The third kappa shape index (κ3) is 3.52. The topological polar surface area (TPSA) is 89.7 Å². The largest absolute Gasteiger partial charge is 0.481 e. The van der Waals surface area contributed by atoms with Crippen molar-refractivity contribution in [3.05, 3.63) is 32.8 Å². The Morgan fingerprint density at radius 3 is 2.61 bits per heavy atom. The van der Waals surface area contributed by atoms with Gasteiger partial charge in [-0.25, -0.2) is 0 Å². The predicted octanol–water partition coefficient (Wildman–Crippen LogP) is 2.48. The first-order valence-corrected chi connectivity index (χ1v) is 4.82. The van der Waals surface area contributed by atoms with Gasteiger partial charge in [-0.3, -0.25) is 14.9 Å². The van der Waals surface area contributed by atoms with Crippen molar-refractivity contribution in [2.75, 3.05) is 0 Å². The van der Waals surface area contributed by atoms with E-state index in [-0.39, 0.29) is 10.6 Å². The van der Waals surface area contributed by atoms with Crippen LogP contribution in [0.5, 0.6) is 5.75 Å². The maximum atomic E-state index is 12.1. The number of halogens is 3. The molecule has 0 fully saturated rings. The van der Waals surface area contributed by atoms with Gasteiger partial charge in [0.15, 0.2) is 0 Å². The maximum Gasteiger partial charge on any atom is 0.387 e. The molecule has 0 bridgehead atoms. The zero-order valence-corrected chi connectivity index (χ0v) is 9.36. The van der Waals surface area contributed by atoms with Gasteiger partial charge in [0.1, 0.15) is 5.75 Å². The van der Waals surface area contributed by atoms with Crippen molar-refractivity contribution in [2.45, 2.75) is 13.0 Å². The van der Waals surface area contributed by atoms with E-state index in [0.29, 0.717) is 6.07 Å². The Bertz CT molecular complexity index is 494. The number of nitro groups is 1. The molecule has 1 aromatic carbocycles. The van der Waals surface area contributed by atoms with Crippen molar-refractivity contribution < 1.29 is 28.3 Å². The highest BCUT2D eigenvalue weighted by atomic mass is 35.5. The monoisotopic (exact) mass is 281 g/mol. The van der Waals surface area contributed by atoms with Crippen molar-refractivity contribution in [3.63, 3.8) is 0 Å². The molecule has 1 N–H and O–H groups in total. The van der Waals surface area contributed by atoms with E-state index in [1.54, 1.807) is 0 Å². The van der Waals surface area contributed by atoms with Gasteiger partial charge in [-0.05, 0) is 0 Å². The minimum absolute atomic E-state index is 0.241. The fourth-order valence-corrected chi connectivity index (χ4v) is 1.50. The van der Waals surface area contributed by atoms with E-state index < -0.39 is 35.4 Å². The second kappa shape index (κ2) is 5.58. The van der Waals surface area contributed by atoms with Gasteiger partial charge in [0.25, 0.3) is 5.69 Å². The molecule has 0 aliphatic rings. The molecular weight excluding hydrogens is 276 g/mol. The summed E-state index contributed by atoms with van der Waals surface area (Å²) in [6, 6.07) is 1.58. The Labute approximate surface area is 104 Å². The zero-order valence-electron chi connectivity index (χ0n) is 8.60. The number of carboxylic acid groups (broad SMARTS) is 1. The fourth-order valence-electron chi connectivity index (χ4n) is 1.23. The van der Waals surface area contributed by atoms with E-state index in [9.17, 15) is 23.7 Å². The standard InChI is InChI=1S/C9H6ClF2NO5/c10-6-1-4(13(16)17)2-7(18-9(11)12)5(6)3-8(14)15/h1-2,9H,3H2,(H,14,15). The SMILES string of the molecule is O=C(O)Cc1c(Cl)cc([N+](=O)[O-])cc1OC(F)F. The number of nitro benzene ring substituents is 1. The van der Waals surface area contributed by atoms with Gasteiger partial charge in [-0.15, -0.1) is 0 Å². The van der Waals surface area contributed by atoms with Crippen LogP contribution in [0.1, 0.15) is 5.56 Å². The van der Waals surface area contributed by atoms with Gasteiger partial charge in [0.2, 0.25) is 0 Å². The summed E-state index contributed by atoms with van der Waals surface area (Å²) in [6.07, 6.45) is -0.682.